The van der Waals surface area contributed by atoms with Crippen molar-refractivity contribution in [3.05, 3.63) is 81.5 Å². The Hall–Kier alpha value is -4.14. The lowest BCUT2D eigenvalue weighted by Gasteiger charge is -2.14. The van der Waals surface area contributed by atoms with E-state index in [0.717, 1.165) is 39.3 Å². The van der Waals surface area contributed by atoms with Crippen LogP contribution in [0.15, 0.2) is 53.5 Å². The molecule has 0 saturated heterocycles. The van der Waals surface area contributed by atoms with Crippen LogP contribution in [-0.2, 0) is 20.7 Å². The zero-order valence-electron chi connectivity index (χ0n) is 20.2. The van der Waals surface area contributed by atoms with E-state index in [4.69, 9.17) is 9.47 Å². The molecule has 2 aromatic heterocycles. The summed E-state index contributed by atoms with van der Waals surface area (Å²) in [6.45, 7) is 8.17. The van der Waals surface area contributed by atoms with Crippen LogP contribution in [0, 0.1) is 20.8 Å². The van der Waals surface area contributed by atoms with E-state index < -0.39 is 0 Å². The van der Waals surface area contributed by atoms with Gasteiger partial charge in [0, 0.05) is 30.8 Å². The highest BCUT2D eigenvalue weighted by Crippen LogP contribution is 2.32. The zero-order valence-corrected chi connectivity index (χ0v) is 20.2. The second-order valence-electron chi connectivity index (χ2n) is 8.13. The molecule has 0 radical (unpaired) electrons. The standard InChI is InChI=1S/C25H28N6O3/c1-7-13-33-24-18(4)23(26-29(24)5)19-11-12-22(17(3)14-19)34-15-20-16(2)9-8-10-21(20)31-25(32)30(6)27-28-31/h7-14H,15H2,1-6H3. The quantitative estimate of drug-likeness (QED) is 0.390. The Labute approximate surface area is 197 Å². The van der Waals surface area contributed by atoms with Crippen LogP contribution in [0.4, 0.5) is 0 Å². The molecule has 0 aliphatic carbocycles. The molecule has 4 rings (SSSR count). The maximum Gasteiger partial charge on any atom is 0.368 e. The van der Waals surface area contributed by atoms with E-state index in [2.05, 4.69) is 21.6 Å². The Morgan fingerprint density at radius 3 is 2.47 bits per heavy atom. The number of ether oxygens (including phenoxy) is 2. The van der Waals surface area contributed by atoms with Crippen molar-refractivity contribution in [1.29, 1.82) is 0 Å². The molecule has 0 N–H and O–H groups in total. The summed E-state index contributed by atoms with van der Waals surface area (Å²) >= 11 is 0. The van der Waals surface area contributed by atoms with Gasteiger partial charge in [-0.15, -0.1) is 0 Å². The van der Waals surface area contributed by atoms with E-state index in [9.17, 15) is 4.79 Å². The number of nitrogens with zero attached hydrogens (tertiary/aromatic N) is 6. The molecule has 0 spiro atoms. The van der Waals surface area contributed by atoms with Crippen LogP contribution in [0.3, 0.4) is 0 Å². The molecule has 0 fully saturated rings. The average Bonchev–Trinajstić information content (AvgIpc) is 3.29. The highest BCUT2D eigenvalue weighted by molar-refractivity contribution is 5.67. The fraction of sp³-hybridized carbons (Fsp3) is 0.280. The molecular formula is C25H28N6O3. The van der Waals surface area contributed by atoms with Crippen LogP contribution in [0.1, 0.15) is 29.2 Å². The van der Waals surface area contributed by atoms with E-state index in [1.165, 1.54) is 9.36 Å². The number of tetrazole rings is 1. The third-order valence-corrected chi connectivity index (χ3v) is 5.69. The molecule has 9 heteroatoms. The largest absolute Gasteiger partial charge is 0.489 e. The fourth-order valence-electron chi connectivity index (χ4n) is 3.83. The maximum absolute atomic E-state index is 12.4. The summed E-state index contributed by atoms with van der Waals surface area (Å²) in [4.78, 5) is 12.4. The summed E-state index contributed by atoms with van der Waals surface area (Å²) in [7, 11) is 3.43. The van der Waals surface area contributed by atoms with E-state index in [1.54, 1.807) is 18.0 Å². The molecule has 0 amide bonds. The van der Waals surface area contributed by atoms with Gasteiger partial charge in [0.25, 0.3) is 0 Å². The Morgan fingerprint density at radius 2 is 1.79 bits per heavy atom. The van der Waals surface area contributed by atoms with Crippen molar-refractivity contribution in [3.63, 3.8) is 0 Å². The third-order valence-electron chi connectivity index (χ3n) is 5.69. The topological polar surface area (TPSA) is 89.0 Å². The molecule has 0 aliphatic rings. The summed E-state index contributed by atoms with van der Waals surface area (Å²) in [5.41, 5.74) is 6.01. The van der Waals surface area contributed by atoms with Crippen LogP contribution in [-0.4, -0.2) is 29.6 Å². The van der Waals surface area contributed by atoms with Crippen molar-refractivity contribution in [1.82, 2.24) is 29.6 Å². The van der Waals surface area contributed by atoms with E-state index >= 15 is 0 Å². The van der Waals surface area contributed by atoms with Crippen molar-refractivity contribution in [2.75, 3.05) is 0 Å². The number of allylic oxidation sites excluding steroid dienone is 1. The molecular weight excluding hydrogens is 432 g/mol. The van der Waals surface area contributed by atoms with Gasteiger partial charge >= 0.3 is 5.69 Å². The highest BCUT2D eigenvalue weighted by atomic mass is 16.5. The Morgan fingerprint density at radius 1 is 1.00 bits per heavy atom. The van der Waals surface area contributed by atoms with Gasteiger partial charge in [-0.1, -0.05) is 18.2 Å². The molecule has 34 heavy (non-hydrogen) atoms. The van der Waals surface area contributed by atoms with Crippen LogP contribution in [0.2, 0.25) is 0 Å². The average molecular weight is 461 g/mol. The number of aromatic nitrogens is 6. The molecule has 2 aromatic carbocycles. The maximum atomic E-state index is 12.4. The third kappa shape index (κ3) is 4.24. The van der Waals surface area contributed by atoms with Gasteiger partial charge in [-0.3, -0.25) is 0 Å². The monoisotopic (exact) mass is 460 g/mol. The molecule has 0 saturated carbocycles. The zero-order chi connectivity index (χ0) is 24.4. The van der Waals surface area contributed by atoms with Gasteiger partial charge in [-0.2, -0.15) is 14.5 Å². The molecule has 0 atom stereocenters. The Kier molecular flexibility index (Phi) is 6.36. The number of hydrogen-bond donors (Lipinski definition) is 0. The first-order valence-corrected chi connectivity index (χ1v) is 10.9. The molecule has 176 valence electrons. The number of aryl methyl sites for hydroxylation is 4. The minimum Gasteiger partial charge on any atom is -0.489 e. The van der Waals surface area contributed by atoms with Gasteiger partial charge in [0.05, 0.1) is 17.6 Å². The molecule has 4 aromatic rings. The summed E-state index contributed by atoms with van der Waals surface area (Å²) < 4.78 is 16.1. The van der Waals surface area contributed by atoms with Gasteiger partial charge in [0.2, 0.25) is 5.88 Å². The second kappa shape index (κ2) is 9.38. The van der Waals surface area contributed by atoms with E-state index in [1.807, 2.05) is 71.2 Å². The van der Waals surface area contributed by atoms with E-state index in [-0.39, 0.29) is 12.3 Å². The van der Waals surface area contributed by atoms with Gasteiger partial charge in [-0.25, -0.2) is 9.48 Å². The molecule has 9 nitrogen and oxygen atoms in total. The minimum absolute atomic E-state index is 0.287. The summed E-state index contributed by atoms with van der Waals surface area (Å²) in [6.07, 6.45) is 3.48. The first kappa shape index (κ1) is 23.0. The molecule has 0 unspecified atom stereocenters. The number of hydrogen-bond acceptors (Lipinski definition) is 6. The second-order valence-corrected chi connectivity index (χ2v) is 8.13. The minimum atomic E-state index is -0.309. The summed E-state index contributed by atoms with van der Waals surface area (Å²) in [5.74, 6) is 1.46. The lowest BCUT2D eigenvalue weighted by atomic mass is 10.0. The first-order valence-electron chi connectivity index (χ1n) is 10.9. The molecule has 0 aliphatic heterocycles. The van der Waals surface area contributed by atoms with Crippen molar-refractivity contribution in [2.45, 2.75) is 34.3 Å². The normalized spacial score (nSPS) is 11.4. The molecule has 2 heterocycles. The van der Waals surface area contributed by atoms with Crippen molar-refractivity contribution in [2.24, 2.45) is 14.1 Å². The number of rotatable bonds is 7. The van der Waals surface area contributed by atoms with Gasteiger partial charge in [0.1, 0.15) is 12.4 Å². The Balaban J connectivity index is 1.60. The first-order chi connectivity index (χ1) is 16.3. The summed E-state index contributed by atoms with van der Waals surface area (Å²) in [6, 6.07) is 11.7. The lowest BCUT2D eigenvalue weighted by Crippen LogP contribution is -2.23. The van der Waals surface area contributed by atoms with Gasteiger partial charge in [-0.05, 0) is 73.5 Å². The van der Waals surface area contributed by atoms with Crippen LogP contribution >= 0.6 is 0 Å². The fourth-order valence-corrected chi connectivity index (χ4v) is 3.83. The lowest BCUT2D eigenvalue weighted by molar-refractivity contribution is 0.302. The molecule has 0 bridgehead atoms. The van der Waals surface area contributed by atoms with Crippen molar-refractivity contribution >= 4 is 0 Å². The van der Waals surface area contributed by atoms with Crippen molar-refractivity contribution < 1.29 is 9.47 Å². The van der Waals surface area contributed by atoms with Gasteiger partial charge in [0.15, 0.2) is 0 Å². The summed E-state index contributed by atoms with van der Waals surface area (Å²) in [5, 5.41) is 12.4. The van der Waals surface area contributed by atoms with Crippen LogP contribution in [0.5, 0.6) is 11.6 Å². The van der Waals surface area contributed by atoms with Crippen molar-refractivity contribution in [3.8, 4) is 28.6 Å². The smallest absolute Gasteiger partial charge is 0.368 e. The number of benzene rings is 2. The Bertz CT molecular complexity index is 1430. The predicted octanol–water partition coefficient (Wildman–Crippen LogP) is 3.78. The van der Waals surface area contributed by atoms with Crippen LogP contribution < -0.4 is 15.2 Å². The van der Waals surface area contributed by atoms with Crippen LogP contribution in [0.25, 0.3) is 16.9 Å². The predicted molar refractivity (Wildman–Crippen MR) is 129 cm³/mol. The van der Waals surface area contributed by atoms with Gasteiger partial charge < -0.3 is 9.47 Å². The highest BCUT2D eigenvalue weighted by Gasteiger charge is 2.17. The van der Waals surface area contributed by atoms with E-state index in [0.29, 0.717) is 11.6 Å². The SMILES string of the molecule is CC=COc1c(C)c(-c2ccc(OCc3c(C)cccc3-n3nnn(C)c3=O)c(C)c2)nn1C.